The molecule has 5 heteroatoms. The third kappa shape index (κ3) is 3.74. The van der Waals surface area contributed by atoms with Gasteiger partial charge in [-0.15, -0.1) is 0 Å². The van der Waals surface area contributed by atoms with Gasteiger partial charge in [-0.25, -0.2) is 0 Å². The van der Waals surface area contributed by atoms with Crippen LogP contribution in [0.1, 0.15) is 17.2 Å². The van der Waals surface area contributed by atoms with Crippen LogP contribution in [0.25, 0.3) is 0 Å². The Kier molecular flexibility index (Phi) is 4.29. The van der Waals surface area contributed by atoms with E-state index in [0.29, 0.717) is 5.56 Å². The summed E-state index contributed by atoms with van der Waals surface area (Å²) >= 11 is 0. The highest BCUT2D eigenvalue weighted by molar-refractivity contribution is 5.30. The van der Waals surface area contributed by atoms with E-state index in [1.807, 2.05) is 6.07 Å². The van der Waals surface area contributed by atoms with Crippen molar-refractivity contribution in [3.05, 3.63) is 65.7 Å². The van der Waals surface area contributed by atoms with Gasteiger partial charge >= 0.3 is 6.18 Å². The summed E-state index contributed by atoms with van der Waals surface area (Å²) in [7, 11) is 0. The summed E-state index contributed by atoms with van der Waals surface area (Å²) in [6, 6.07) is 13.4. The molecule has 0 saturated carbocycles. The highest BCUT2D eigenvalue weighted by Gasteiger charge is 2.30. The van der Waals surface area contributed by atoms with E-state index in [4.69, 9.17) is 4.74 Å². The standard InChI is InChI=1S/C15H13F3O2/c16-15(17,18)12-7-4-8-13(9-12)20-10-14(19)11-5-2-1-3-6-11/h1-9,14,19H,10H2. The molecule has 0 aliphatic carbocycles. The second-order valence-electron chi connectivity index (χ2n) is 4.26. The lowest BCUT2D eigenvalue weighted by Gasteiger charge is -2.14. The van der Waals surface area contributed by atoms with Gasteiger partial charge in [-0.1, -0.05) is 36.4 Å². The van der Waals surface area contributed by atoms with Gasteiger partial charge in [0.25, 0.3) is 0 Å². The van der Waals surface area contributed by atoms with Gasteiger partial charge in [0, 0.05) is 0 Å². The highest BCUT2D eigenvalue weighted by Crippen LogP contribution is 2.31. The maximum atomic E-state index is 12.5. The number of halogens is 3. The first-order valence-corrected chi connectivity index (χ1v) is 6.00. The number of rotatable bonds is 4. The zero-order valence-electron chi connectivity index (χ0n) is 10.5. The Labute approximate surface area is 114 Å². The van der Waals surface area contributed by atoms with Crippen LogP contribution >= 0.6 is 0 Å². The van der Waals surface area contributed by atoms with Crippen molar-refractivity contribution in [3.63, 3.8) is 0 Å². The molecular weight excluding hydrogens is 269 g/mol. The maximum Gasteiger partial charge on any atom is 0.416 e. The smallest absolute Gasteiger partial charge is 0.416 e. The molecule has 0 radical (unpaired) electrons. The number of aliphatic hydroxyl groups is 1. The Morgan fingerprint density at radius 3 is 2.35 bits per heavy atom. The van der Waals surface area contributed by atoms with Gasteiger partial charge in [-0.2, -0.15) is 13.2 Å². The molecule has 20 heavy (non-hydrogen) atoms. The summed E-state index contributed by atoms with van der Waals surface area (Å²) in [4.78, 5) is 0. The first-order chi connectivity index (χ1) is 9.47. The van der Waals surface area contributed by atoms with E-state index in [9.17, 15) is 18.3 Å². The molecule has 1 N–H and O–H groups in total. The molecule has 0 heterocycles. The number of ether oxygens (including phenoxy) is 1. The molecule has 0 aromatic heterocycles. The summed E-state index contributed by atoms with van der Waals surface area (Å²) < 4.78 is 42.8. The van der Waals surface area contributed by atoms with E-state index in [1.54, 1.807) is 24.3 Å². The fourth-order valence-corrected chi connectivity index (χ4v) is 1.71. The van der Waals surface area contributed by atoms with Crippen LogP contribution in [0.15, 0.2) is 54.6 Å². The zero-order chi connectivity index (χ0) is 14.6. The van der Waals surface area contributed by atoms with Crippen molar-refractivity contribution in [2.75, 3.05) is 6.61 Å². The van der Waals surface area contributed by atoms with Crippen molar-refractivity contribution in [2.24, 2.45) is 0 Å². The van der Waals surface area contributed by atoms with Crippen LogP contribution in [0, 0.1) is 0 Å². The Bertz CT molecular complexity index is 553. The van der Waals surface area contributed by atoms with Gasteiger partial charge in [0.15, 0.2) is 0 Å². The van der Waals surface area contributed by atoms with Crippen LogP contribution in [-0.2, 0) is 6.18 Å². The SMILES string of the molecule is OC(COc1cccc(C(F)(F)F)c1)c1ccccc1. The van der Waals surface area contributed by atoms with Crippen LogP contribution < -0.4 is 4.74 Å². The van der Waals surface area contributed by atoms with Gasteiger partial charge in [0.1, 0.15) is 18.5 Å². The molecule has 2 aromatic rings. The number of hydrogen-bond donors (Lipinski definition) is 1. The van der Waals surface area contributed by atoms with Crippen LogP contribution in [0.4, 0.5) is 13.2 Å². The molecule has 0 saturated heterocycles. The molecule has 106 valence electrons. The van der Waals surface area contributed by atoms with Crippen molar-refractivity contribution < 1.29 is 23.0 Å². The van der Waals surface area contributed by atoms with Gasteiger partial charge in [-0.05, 0) is 23.8 Å². The lowest BCUT2D eigenvalue weighted by molar-refractivity contribution is -0.137. The average Bonchev–Trinajstić information content (AvgIpc) is 2.45. The monoisotopic (exact) mass is 282 g/mol. The summed E-state index contributed by atoms with van der Waals surface area (Å²) in [6.07, 6.45) is -5.29. The molecule has 0 aliphatic rings. The highest BCUT2D eigenvalue weighted by atomic mass is 19.4. The van der Waals surface area contributed by atoms with E-state index >= 15 is 0 Å². The first-order valence-electron chi connectivity index (χ1n) is 6.00. The molecule has 0 fully saturated rings. The zero-order valence-corrected chi connectivity index (χ0v) is 10.5. The van der Waals surface area contributed by atoms with E-state index in [-0.39, 0.29) is 12.4 Å². The Balaban J connectivity index is 2.01. The Hall–Kier alpha value is -2.01. The molecule has 0 aliphatic heterocycles. The summed E-state index contributed by atoms with van der Waals surface area (Å²) in [5, 5.41) is 9.86. The predicted octanol–water partition coefficient (Wildman–Crippen LogP) is 3.82. The molecule has 1 unspecified atom stereocenters. The quantitative estimate of drug-likeness (QED) is 0.923. The largest absolute Gasteiger partial charge is 0.491 e. The van der Waals surface area contributed by atoms with Crippen molar-refractivity contribution in [1.82, 2.24) is 0 Å². The lowest BCUT2D eigenvalue weighted by atomic mass is 10.1. The molecule has 0 spiro atoms. The summed E-state index contributed by atoms with van der Waals surface area (Å²) in [5.74, 6) is 0.0785. The van der Waals surface area contributed by atoms with Gasteiger partial charge in [-0.3, -0.25) is 0 Å². The molecule has 2 rings (SSSR count). The first kappa shape index (κ1) is 14.4. The molecular formula is C15H13F3O2. The second-order valence-corrected chi connectivity index (χ2v) is 4.26. The number of benzene rings is 2. The second kappa shape index (κ2) is 5.96. The van der Waals surface area contributed by atoms with E-state index in [2.05, 4.69) is 0 Å². The number of alkyl halides is 3. The van der Waals surface area contributed by atoms with Crippen molar-refractivity contribution in [1.29, 1.82) is 0 Å². The minimum Gasteiger partial charge on any atom is -0.491 e. The maximum absolute atomic E-state index is 12.5. The normalized spacial score (nSPS) is 13.0. The molecule has 2 aromatic carbocycles. The van der Waals surface area contributed by atoms with Gasteiger partial charge in [0.05, 0.1) is 5.56 Å². The third-order valence-corrected chi connectivity index (χ3v) is 2.75. The van der Waals surface area contributed by atoms with Crippen LogP contribution in [0.5, 0.6) is 5.75 Å². The summed E-state index contributed by atoms with van der Waals surface area (Å²) in [6.45, 7) is -0.106. The Morgan fingerprint density at radius 2 is 1.70 bits per heavy atom. The van der Waals surface area contributed by atoms with E-state index < -0.39 is 17.8 Å². The van der Waals surface area contributed by atoms with E-state index in [1.165, 1.54) is 12.1 Å². The van der Waals surface area contributed by atoms with Gasteiger partial charge < -0.3 is 9.84 Å². The van der Waals surface area contributed by atoms with Crippen LogP contribution in [0.3, 0.4) is 0 Å². The molecule has 2 nitrogen and oxygen atoms in total. The lowest BCUT2D eigenvalue weighted by Crippen LogP contribution is -2.10. The van der Waals surface area contributed by atoms with Crippen molar-refractivity contribution in [2.45, 2.75) is 12.3 Å². The Morgan fingerprint density at radius 1 is 1.00 bits per heavy atom. The fraction of sp³-hybridized carbons (Fsp3) is 0.200. The molecule has 0 bridgehead atoms. The topological polar surface area (TPSA) is 29.5 Å². The summed E-state index contributed by atoms with van der Waals surface area (Å²) in [5.41, 5.74) is -0.122. The molecule has 1 atom stereocenters. The van der Waals surface area contributed by atoms with Crippen molar-refractivity contribution in [3.8, 4) is 5.75 Å². The van der Waals surface area contributed by atoms with Crippen molar-refractivity contribution >= 4 is 0 Å². The van der Waals surface area contributed by atoms with Crippen LogP contribution in [-0.4, -0.2) is 11.7 Å². The number of aliphatic hydroxyl groups excluding tert-OH is 1. The minimum absolute atomic E-state index is 0.0785. The third-order valence-electron chi connectivity index (χ3n) is 2.75. The van der Waals surface area contributed by atoms with Gasteiger partial charge in [0.2, 0.25) is 0 Å². The number of hydrogen-bond acceptors (Lipinski definition) is 2. The molecule has 0 amide bonds. The van der Waals surface area contributed by atoms with E-state index in [0.717, 1.165) is 12.1 Å². The minimum atomic E-state index is -4.41. The fourth-order valence-electron chi connectivity index (χ4n) is 1.71. The average molecular weight is 282 g/mol. The predicted molar refractivity (Wildman–Crippen MR) is 68.3 cm³/mol. The van der Waals surface area contributed by atoms with Crippen LogP contribution in [0.2, 0.25) is 0 Å².